The summed E-state index contributed by atoms with van der Waals surface area (Å²) >= 11 is 1.41. The summed E-state index contributed by atoms with van der Waals surface area (Å²) in [6, 6.07) is 16.6. The molecule has 0 N–H and O–H groups in total. The Balaban J connectivity index is 0. The molecule has 0 bridgehead atoms. The minimum atomic E-state index is 0. The molecule has 0 amide bonds. The molecule has 0 aromatic heterocycles. The Morgan fingerprint density at radius 2 is 1.10 bits per heavy atom. The molecule has 3 aromatic rings. The van der Waals surface area contributed by atoms with Crippen LogP contribution in [-0.4, -0.2) is 6.22 Å². The second-order valence-corrected chi connectivity index (χ2v) is 12.6. The predicted molar refractivity (Wildman–Crippen MR) is 119 cm³/mol. The van der Waals surface area contributed by atoms with Gasteiger partial charge in [-0.05, 0) is 0 Å². The molecule has 0 aliphatic rings. The van der Waals surface area contributed by atoms with Gasteiger partial charge in [0, 0.05) is 0 Å². The molecule has 0 spiro atoms. The van der Waals surface area contributed by atoms with E-state index in [2.05, 4.69) is 97.9 Å². The molecule has 0 atom stereocenters. The molecule has 0 fully saturated rings. The van der Waals surface area contributed by atoms with E-state index in [-0.39, 0.29) is 24.8 Å². The first-order valence-corrected chi connectivity index (χ1v) is 17.2. The number of hydrogen-bond acceptors (Lipinski definition) is 0. The number of benzene rings is 1. The molecule has 0 unspecified atom stereocenters. The standard InChI is InChI=1S/2C9H13.C7H8Si.2ClH.Hf/c2*1-6-5-7(2)9(4)8(6)3;8-6-7-4-2-1-3-5-7;;;/h2*5H,1-4H3;1-5,8H,6H2;2*1H;/q2*-1;;;;+2/p-2. The van der Waals surface area contributed by atoms with Crippen LogP contribution in [0.25, 0.3) is 0 Å². The monoisotopic (exact) mass is 612 g/mol. The second kappa shape index (κ2) is 15.4. The van der Waals surface area contributed by atoms with Gasteiger partial charge >= 0.3 is 71.2 Å². The van der Waals surface area contributed by atoms with Crippen molar-refractivity contribution in [3.63, 3.8) is 0 Å². The molecule has 158 valence electrons. The molecule has 0 saturated heterocycles. The summed E-state index contributed by atoms with van der Waals surface area (Å²) in [7, 11) is 0. The van der Waals surface area contributed by atoms with Crippen LogP contribution in [0.5, 0.6) is 0 Å². The fraction of sp³-hybridized carbons (Fsp3) is 0.360. The predicted octanol–water partition coefficient (Wildman–Crippen LogP) is 0.371. The van der Waals surface area contributed by atoms with Crippen molar-refractivity contribution in [2.75, 3.05) is 0 Å². The van der Waals surface area contributed by atoms with Crippen molar-refractivity contribution in [2.45, 2.75) is 61.4 Å². The molecule has 0 radical (unpaired) electrons. The van der Waals surface area contributed by atoms with Crippen LogP contribution in [0, 0.1) is 55.4 Å². The van der Waals surface area contributed by atoms with Crippen molar-refractivity contribution < 1.29 is 47.8 Å². The Labute approximate surface area is 206 Å². The second-order valence-electron chi connectivity index (χ2n) is 7.41. The topological polar surface area (TPSA) is 0 Å². The van der Waals surface area contributed by atoms with Crippen molar-refractivity contribution in [1.82, 2.24) is 0 Å². The maximum atomic E-state index is 2.24. The van der Waals surface area contributed by atoms with Crippen molar-refractivity contribution in [3.05, 3.63) is 92.5 Å². The van der Waals surface area contributed by atoms with Gasteiger partial charge in [0.1, 0.15) is 0 Å². The zero-order valence-electron chi connectivity index (χ0n) is 19.1. The quantitative estimate of drug-likeness (QED) is 0.290. The molecule has 0 aliphatic heterocycles. The summed E-state index contributed by atoms with van der Waals surface area (Å²) in [6.45, 7) is 17.4. The first-order chi connectivity index (χ1) is 12.7. The third kappa shape index (κ3) is 9.96. The molecule has 3 aromatic carbocycles. The molecule has 0 heterocycles. The summed E-state index contributed by atoms with van der Waals surface area (Å²) in [5, 5.41) is 0. The molecule has 4 heteroatoms. The summed E-state index contributed by atoms with van der Waals surface area (Å²) in [5.74, 6) is 0. The van der Waals surface area contributed by atoms with Crippen LogP contribution in [-0.2, 0) is 29.0 Å². The molecular formula is C25H34Cl2HfSi-2. The Morgan fingerprint density at radius 1 is 0.724 bits per heavy atom. The first-order valence-electron chi connectivity index (χ1n) is 9.62. The van der Waals surface area contributed by atoms with Gasteiger partial charge in [-0.15, -0.1) is 0 Å². The molecule has 0 nitrogen and oxygen atoms in total. The van der Waals surface area contributed by atoms with Crippen LogP contribution < -0.4 is 24.8 Å². The van der Waals surface area contributed by atoms with Crippen LogP contribution in [0.4, 0.5) is 0 Å². The third-order valence-corrected chi connectivity index (χ3v) is 8.41. The van der Waals surface area contributed by atoms with E-state index in [4.69, 9.17) is 0 Å². The van der Waals surface area contributed by atoms with Crippen molar-refractivity contribution in [2.24, 2.45) is 0 Å². The van der Waals surface area contributed by atoms with Crippen LogP contribution in [0.1, 0.15) is 50.1 Å². The fourth-order valence-corrected chi connectivity index (χ4v) is 6.05. The average molecular weight is 612 g/mol. The molecule has 3 rings (SSSR count). The van der Waals surface area contributed by atoms with Crippen molar-refractivity contribution >= 4 is 6.22 Å². The fourth-order valence-electron chi connectivity index (χ4n) is 3.00. The summed E-state index contributed by atoms with van der Waals surface area (Å²) < 4.78 is 0. The normalized spacial score (nSPS) is 9.17. The van der Waals surface area contributed by atoms with Gasteiger partial charge in [-0.2, -0.15) is 56.6 Å². The molecule has 0 saturated carbocycles. The van der Waals surface area contributed by atoms with Gasteiger partial charge in [-0.3, -0.25) is 0 Å². The van der Waals surface area contributed by atoms with E-state index >= 15 is 0 Å². The van der Waals surface area contributed by atoms with E-state index in [9.17, 15) is 0 Å². The maximum absolute atomic E-state index is 2.24. The van der Waals surface area contributed by atoms with E-state index in [1.54, 1.807) is 0 Å². The zero-order valence-corrected chi connectivity index (χ0v) is 25.3. The molecule has 0 aliphatic carbocycles. The Kier molecular flexibility index (Phi) is 16.3. The first kappa shape index (κ1) is 30.8. The number of aryl methyl sites for hydroxylation is 4. The van der Waals surface area contributed by atoms with E-state index in [0.29, 0.717) is 0 Å². The van der Waals surface area contributed by atoms with Gasteiger partial charge in [0.15, 0.2) is 0 Å². The number of hydrogen-bond donors (Lipinski definition) is 0. The van der Waals surface area contributed by atoms with E-state index in [1.807, 2.05) is 0 Å². The van der Waals surface area contributed by atoms with Crippen LogP contribution >= 0.6 is 0 Å². The van der Waals surface area contributed by atoms with E-state index < -0.39 is 0 Å². The van der Waals surface area contributed by atoms with Crippen molar-refractivity contribution in [3.8, 4) is 0 Å². The SMILES string of the molecule is Cc1c[c-](C)c(C)c1C.Cc1c[c-](C)c(C)c1C.[Cl-].[Cl-].[Hf+2]=[SiH]Cc1ccccc1. The van der Waals surface area contributed by atoms with E-state index in [0.717, 1.165) is 6.22 Å². The Bertz CT molecular complexity index is 766. The average Bonchev–Trinajstić information content (AvgIpc) is 3.01. The summed E-state index contributed by atoms with van der Waals surface area (Å²) in [4.78, 5) is 0. The van der Waals surface area contributed by atoms with Gasteiger partial charge in [0.25, 0.3) is 0 Å². The van der Waals surface area contributed by atoms with Gasteiger partial charge < -0.3 is 24.8 Å². The van der Waals surface area contributed by atoms with Gasteiger partial charge in [-0.1, -0.05) is 55.4 Å². The van der Waals surface area contributed by atoms with E-state index in [1.165, 1.54) is 79.1 Å². The van der Waals surface area contributed by atoms with Crippen LogP contribution in [0.3, 0.4) is 0 Å². The number of halogens is 2. The Hall–Kier alpha value is -0.413. The van der Waals surface area contributed by atoms with Gasteiger partial charge in [0.2, 0.25) is 0 Å². The summed E-state index contributed by atoms with van der Waals surface area (Å²) in [6.07, 6.45) is 0.764. The van der Waals surface area contributed by atoms with Crippen LogP contribution in [0.2, 0.25) is 0 Å². The zero-order chi connectivity index (χ0) is 20.6. The summed E-state index contributed by atoms with van der Waals surface area (Å²) in [5.41, 5.74) is 13.0. The molecule has 29 heavy (non-hydrogen) atoms. The Morgan fingerprint density at radius 3 is 1.31 bits per heavy atom. The van der Waals surface area contributed by atoms with Gasteiger partial charge in [0.05, 0.1) is 0 Å². The van der Waals surface area contributed by atoms with Crippen molar-refractivity contribution in [1.29, 1.82) is 0 Å². The third-order valence-electron chi connectivity index (χ3n) is 5.54. The van der Waals surface area contributed by atoms with Gasteiger partial charge in [-0.25, -0.2) is 0 Å². The number of rotatable bonds is 2. The van der Waals surface area contributed by atoms with Crippen LogP contribution in [0.15, 0.2) is 42.5 Å². The molecular weight excluding hydrogens is 578 g/mol. The minimum absolute atomic E-state index is 0.